The summed E-state index contributed by atoms with van der Waals surface area (Å²) in [5.41, 5.74) is -0.427. The molecule has 2 aliphatic heterocycles. The molecule has 2 saturated heterocycles. The Balaban J connectivity index is 1.91. The van der Waals surface area contributed by atoms with Gasteiger partial charge in [-0.15, -0.1) is 0 Å². The number of ether oxygens (including phenoxy) is 1. The molecule has 2 heterocycles. The van der Waals surface area contributed by atoms with Gasteiger partial charge >= 0.3 is 6.09 Å². The first-order chi connectivity index (χ1) is 10.3. The van der Waals surface area contributed by atoms with Crippen LogP contribution in [0, 0.1) is 0 Å². The molecule has 2 fully saturated rings. The van der Waals surface area contributed by atoms with Gasteiger partial charge < -0.3 is 19.9 Å². The zero-order valence-corrected chi connectivity index (χ0v) is 14.9. The number of likely N-dealkylation sites (tertiary alicyclic amines) is 2. The first kappa shape index (κ1) is 17.5. The van der Waals surface area contributed by atoms with E-state index in [4.69, 9.17) is 4.74 Å². The minimum atomic E-state index is -0.427. The minimum Gasteiger partial charge on any atom is -0.444 e. The summed E-state index contributed by atoms with van der Waals surface area (Å²) in [5.74, 6) is 0. The van der Waals surface area contributed by atoms with Gasteiger partial charge in [0.05, 0.1) is 0 Å². The van der Waals surface area contributed by atoms with E-state index in [0.717, 1.165) is 25.9 Å². The molecule has 3 atom stereocenters. The van der Waals surface area contributed by atoms with E-state index in [1.807, 2.05) is 25.7 Å². The van der Waals surface area contributed by atoms with Crippen LogP contribution >= 0.6 is 0 Å². The summed E-state index contributed by atoms with van der Waals surface area (Å²) in [5, 5.41) is 3.79. The molecule has 2 rings (SSSR count). The summed E-state index contributed by atoms with van der Waals surface area (Å²) >= 11 is 0. The Morgan fingerprint density at radius 3 is 2.50 bits per heavy atom. The summed E-state index contributed by atoms with van der Waals surface area (Å²) in [6.45, 7) is 11.0. The SMILES string of the molecule is CC1C(NC2CCCN(C)C2)CCCN1C(=O)OC(C)(C)C. The maximum absolute atomic E-state index is 12.4. The topological polar surface area (TPSA) is 44.8 Å². The maximum Gasteiger partial charge on any atom is 0.410 e. The van der Waals surface area contributed by atoms with Crippen molar-refractivity contribution in [1.82, 2.24) is 15.1 Å². The maximum atomic E-state index is 12.4. The van der Waals surface area contributed by atoms with Crippen LogP contribution in [0.3, 0.4) is 0 Å². The molecule has 3 unspecified atom stereocenters. The summed E-state index contributed by atoms with van der Waals surface area (Å²) in [6.07, 6.45) is 4.50. The monoisotopic (exact) mass is 311 g/mol. The highest BCUT2D eigenvalue weighted by atomic mass is 16.6. The van der Waals surface area contributed by atoms with Gasteiger partial charge in [-0.1, -0.05) is 0 Å². The fourth-order valence-electron chi connectivity index (χ4n) is 3.55. The molecule has 2 aliphatic rings. The van der Waals surface area contributed by atoms with Crippen LogP contribution in [0.2, 0.25) is 0 Å². The largest absolute Gasteiger partial charge is 0.444 e. The number of carbonyl (C=O) groups is 1. The average molecular weight is 311 g/mol. The predicted octanol–water partition coefficient (Wildman–Crippen LogP) is 2.46. The smallest absolute Gasteiger partial charge is 0.410 e. The Hall–Kier alpha value is -0.810. The van der Waals surface area contributed by atoms with Crippen molar-refractivity contribution in [3.05, 3.63) is 0 Å². The molecule has 0 aromatic rings. The molecule has 1 amide bonds. The Kier molecular flexibility index (Phi) is 5.72. The van der Waals surface area contributed by atoms with Crippen molar-refractivity contribution in [3.63, 3.8) is 0 Å². The lowest BCUT2D eigenvalue weighted by molar-refractivity contribution is 0.00562. The number of rotatable bonds is 2. The minimum absolute atomic E-state index is 0.174. The van der Waals surface area contributed by atoms with Gasteiger partial charge in [0.2, 0.25) is 0 Å². The first-order valence-corrected chi connectivity index (χ1v) is 8.70. The molecule has 0 aliphatic carbocycles. The predicted molar refractivity (Wildman–Crippen MR) is 89.1 cm³/mol. The van der Waals surface area contributed by atoms with E-state index in [-0.39, 0.29) is 12.1 Å². The third-order valence-corrected chi connectivity index (χ3v) is 4.69. The normalized spacial score (nSPS) is 31.1. The Labute approximate surface area is 135 Å². The van der Waals surface area contributed by atoms with Crippen LogP contribution in [0.15, 0.2) is 0 Å². The van der Waals surface area contributed by atoms with Gasteiger partial charge in [-0.05, 0) is 67.0 Å². The van der Waals surface area contributed by atoms with Crippen molar-refractivity contribution >= 4 is 6.09 Å². The summed E-state index contributed by atoms with van der Waals surface area (Å²) in [7, 11) is 2.19. The molecular weight excluding hydrogens is 278 g/mol. The lowest BCUT2D eigenvalue weighted by Gasteiger charge is -2.42. The van der Waals surface area contributed by atoms with Crippen molar-refractivity contribution in [2.45, 2.75) is 77.1 Å². The second-order valence-electron chi connectivity index (χ2n) is 7.93. The molecule has 0 spiro atoms. The third-order valence-electron chi connectivity index (χ3n) is 4.69. The Morgan fingerprint density at radius 2 is 1.86 bits per heavy atom. The van der Waals surface area contributed by atoms with Gasteiger partial charge in [0, 0.05) is 31.2 Å². The number of piperidine rings is 2. The first-order valence-electron chi connectivity index (χ1n) is 8.70. The number of hydrogen-bond donors (Lipinski definition) is 1. The van der Waals surface area contributed by atoms with E-state index in [1.54, 1.807) is 0 Å². The zero-order chi connectivity index (χ0) is 16.3. The van der Waals surface area contributed by atoms with Gasteiger partial charge in [-0.2, -0.15) is 0 Å². The van der Waals surface area contributed by atoms with Crippen LogP contribution in [-0.2, 0) is 4.74 Å². The number of likely N-dealkylation sites (N-methyl/N-ethyl adjacent to an activating group) is 1. The molecule has 0 saturated carbocycles. The van der Waals surface area contributed by atoms with Crippen molar-refractivity contribution in [2.75, 3.05) is 26.7 Å². The van der Waals surface area contributed by atoms with E-state index >= 15 is 0 Å². The zero-order valence-electron chi connectivity index (χ0n) is 14.9. The number of hydrogen-bond acceptors (Lipinski definition) is 4. The Bertz CT molecular complexity index is 381. The van der Waals surface area contributed by atoms with Crippen molar-refractivity contribution < 1.29 is 9.53 Å². The summed E-state index contributed by atoms with van der Waals surface area (Å²) in [6, 6.07) is 1.11. The lowest BCUT2D eigenvalue weighted by Crippen LogP contribution is -2.59. The molecule has 22 heavy (non-hydrogen) atoms. The number of nitrogens with zero attached hydrogens (tertiary/aromatic N) is 2. The molecule has 5 heteroatoms. The van der Waals surface area contributed by atoms with E-state index in [2.05, 4.69) is 24.2 Å². The highest BCUT2D eigenvalue weighted by Gasteiger charge is 2.34. The highest BCUT2D eigenvalue weighted by molar-refractivity contribution is 5.68. The summed E-state index contributed by atoms with van der Waals surface area (Å²) in [4.78, 5) is 16.7. The van der Waals surface area contributed by atoms with Crippen molar-refractivity contribution in [1.29, 1.82) is 0 Å². The van der Waals surface area contributed by atoms with Crippen LogP contribution < -0.4 is 5.32 Å². The Morgan fingerprint density at radius 1 is 1.18 bits per heavy atom. The second-order valence-corrected chi connectivity index (χ2v) is 7.93. The van der Waals surface area contributed by atoms with Crippen LogP contribution in [0.4, 0.5) is 4.79 Å². The van der Waals surface area contributed by atoms with Gasteiger partial charge in [-0.25, -0.2) is 4.79 Å². The molecular formula is C17H33N3O2. The van der Waals surface area contributed by atoms with Gasteiger partial charge in [0.25, 0.3) is 0 Å². The van der Waals surface area contributed by atoms with Crippen LogP contribution in [-0.4, -0.2) is 66.3 Å². The van der Waals surface area contributed by atoms with Crippen LogP contribution in [0.5, 0.6) is 0 Å². The van der Waals surface area contributed by atoms with E-state index in [0.29, 0.717) is 12.1 Å². The second kappa shape index (κ2) is 7.18. The number of nitrogens with one attached hydrogen (secondary N) is 1. The molecule has 1 N–H and O–H groups in total. The fraction of sp³-hybridized carbons (Fsp3) is 0.941. The standard InChI is InChI=1S/C17H33N3O2/c1-13-15(18-14-8-6-10-19(5)12-14)9-7-11-20(13)16(21)22-17(2,3)4/h13-15,18H,6-12H2,1-5H3. The highest BCUT2D eigenvalue weighted by Crippen LogP contribution is 2.22. The molecule has 128 valence electrons. The molecule has 0 aromatic heterocycles. The quantitative estimate of drug-likeness (QED) is 0.851. The van der Waals surface area contributed by atoms with E-state index in [9.17, 15) is 4.79 Å². The lowest BCUT2D eigenvalue weighted by atomic mass is 9.95. The number of amides is 1. The van der Waals surface area contributed by atoms with E-state index in [1.165, 1.54) is 19.4 Å². The summed E-state index contributed by atoms with van der Waals surface area (Å²) < 4.78 is 5.55. The van der Waals surface area contributed by atoms with Crippen molar-refractivity contribution in [3.8, 4) is 0 Å². The fourth-order valence-corrected chi connectivity index (χ4v) is 3.55. The third kappa shape index (κ3) is 4.85. The molecule has 0 radical (unpaired) electrons. The number of carbonyl (C=O) groups excluding carboxylic acids is 1. The van der Waals surface area contributed by atoms with E-state index < -0.39 is 5.60 Å². The van der Waals surface area contributed by atoms with Gasteiger partial charge in [0.1, 0.15) is 5.60 Å². The molecule has 0 aromatic carbocycles. The van der Waals surface area contributed by atoms with Gasteiger partial charge in [-0.3, -0.25) is 0 Å². The average Bonchev–Trinajstić information content (AvgIpc) is 2.39. The molecule has 0 bridgehead atoms. The van der Waals surface area contributed by atoms with Crippen molar-refractivity contribution in [2.24, 2.45) is 0 Å². The van der Waals surface area contributed by atoms with Crippen LogP contribution in [0.25, 0.3) is 0 Å². The van der Waals surface area contributed by atoms with Gasteiger partial charge in [0.15, 0.2) is 0 Å². The van der Waals surface area contributed by atoms with Crippen LogP contribution in [0.1, 0.15) is 53.4 Å². The molecule has 5 nitrogen and oxygen atoms in total.